The van der Waals surface area contributed by atoms with E-state index in [2.05, 4.69) is 19.6 Å². The van der Waals surface area contributed by atoms with Crippen molar-refractivity contribution in [2.45, 2.75) is 13.8 Å². The van der Waals surface area contributed by atoms with Crippen LogP contribution in [0.2, 0.25) is 0 Å². The van der Waals surface area contributed by atoms with Gasteiger partial charge in [0.1, 0.15) is 0 Å². The molecule has 0 nitrogen and oxygen atoms in total. The van der Waals surface area contributed by atoms with Gasteiger partial charge in [-0.1, -0.05) is 48.6 Å². The van der Waals surface area contributed by atoms with Crippen LogP contribution < -0.4 is 0 Å². The lowest BCUT2D eigenvalue weighted by atomic mass is 10.2. The number of hydrogen-bond acceptors (Lipinski definition) is 0. The molecule has 0 aliphatic heterocycles. The molecule has 10 heavy (non-hydrogen) atoms. The maximum Gasteiger partial charge on any atom is -0.0398 e. The average Bonchev–Trinajstić information content (AvgIpc) is 1.89. The molecule has 0 saturated heterocycles. The van der Waals surface area contributed by atoms with Gasteiger partial charge in [0, 0.05) is 0 Å². The van der Waals surface area contributed by atoms with Gasteiger partial charge in [-0.05, 0) is 13.8 Å². The zero-order chi connectivity index (χ0) is 7.82. The van der Waals surface area contributed by atoms with Crippen LogP contribution in [-0.4, -0.2) is 0 Å². The Hall–Kier alpha value is -1.04. The van der Waals surface area contributed by atoms with Gasteiger partial charge in [0.05, 0.1) is 0 Å². The van der Waals surface area contributed by atoms with Gasteiger partial charge in [0.15, 0.2) is 0 Å². The maximum atomic E-state index is 3.57. The average molecular weight is 134 g/mol. The van der Waals surface area contributed by atoms with E-state index < -0.39 is 0 Å². The summed E-state index contributed by atoms with van der Waals surface area (Å²) in [5, 5.41) is 0. The fraction of sp³-hybridized carbons (Fsp3) is 0.200. The minimum atomic E-state index is 1.25. The van der Waals surface area contributed by atoms with Gasteiger partial charge in [-0.2, -0.15) is 0 Å². The van der Waals surface area contributed by atoms with Crippen molar-refractivity contribution in [3.8, 4) is 0 Å². The first-order valence-corrected chi connectivity index (χ1v) is 3.40. The van der Waals surface area contributed by atoms with Crippen molar-refractivity contribution >= 4 is 0 Å². The molecule has 0 radical (unpaired) electrons. The van der Waals surface area contributed by atoms with Crippen LogP contribution in [0, 0.1) is 0 Å². The summed E-state index contributed by atoms with van der Waals surface area (Å²) in [6.45, 7) is 7.64. The van der Waals surface area contributed by atoms with Gasteiger partial charge in [0.2, 0.25) is 0 Å². The predicted molar refractivity (Wildman–Crippen MR) is 47.9 cm³/mol. The van der Waals surface area contributed by atoms with Crippen LogP contribution in [0.5, 0.6) is 0 Å². The molecule has 0 unspecified atom stereocenters. The minimum absolute atomic E-state index is 1.25. The Labute approximate surface area is 63.3 Å². The maximum absolute atomic E-state index is 3.57. The Morgan fingerprint density at radius 1 is 1.30 bits per heavy atom. The van der Waals surface area contributed by atoms with Crippen molar-refractivity contribution in [3.63, 3.8) is 0 Å². The summed E-state index contributed by atoms with van der Waals surface area (Å²) in [5.41, 5.74) is 1.25. The largest absolute Gasteiger partial charge is 0.0991 e. The Morgan fingerprint density at radius 2 is 2.00 bits per heavy atom. The molecule has 0 aliphatic carbocycles. The van der Waals surface area contributed by atoms with Gasteiger partial charge in [-0.15, -0.1) is 0 Å². The lowest BCUT2D eigenvalue weighted by molar-refractivity contribution is 1.50. The standard InChI is InChI=1S/C10H14/c1-4-6-7-9-10(3)8-5-2/h4-9H,1H2,2-3H3/b7-6+,8-5-,10-9-. The molecule has 0 spiro atoms. The molecule has 0 rings (SSSR count). The first-order chi connectivity index (χ1) is 4.81. The van der Waals surface area contributed by atoms with E-state index in [4.69, 9.17) is 0 Å². The predicted octanol–water partition coefficient (Wildman–Crippen LogP) is 3.25. The molecule has 0 saturated carbocycles. The van der Waals surface area contributed by atoms with Crippen LogP contribution in [0.25, 0.3) is 0 Å². The SMILES string of the molecule is C=C/C=C/C=C(C)\C=C/C. The van der Waals surface area contributed by atoms with Gasteiger partial charge in [-0.3, -0.25) is 0 Å². The normalized spacial score (nSPS) is 13.2. The second kappa shape index (κ2) is 6.09. The van der Waals surface area contributed by atoms with Crippen molar-refractivity contribution in [2.24, 2.45) is 0 Å². The Morgan fingerprint density at radius 3 is 2.50 bits per heavy atom. The first-order valence-electron chi connectivity index (χ1n) is 3.40. The highest BCUT2D eigenvalue weighted by Gasteiger charge is 1.73. The summed E-state index contributed by atoms with van der Waals surface area (Å²) in [4.78, 5) is 0. The molecule has 0 aromatic rings. The molecule has 0 aliphatic rings. The molecule has 0 N–H and O–H groups in total. The number of hydrogen-bond donors (Lipinski definition) is 0. The lowest BCUT2D eigenvalue weighted by Gasteiger charge is -1.84. The zero-order valence-corrected chi connectivity index (χ0v) is 6.67. The van der Waals surface area contributed by atoms with E-state index in [0.717, 1.165) is 0 Å². The lowest BCUT2D eigenvalue weighted by Crippen LogP contribution is -1.62. The Bertz CT molecular complexity index is 168. The quantitative estimate of drug-likeness (QED) is 0.520. The molecule has 0 aromatic carbocycles. The second-order valence-corrected chi connectivity index (χ2v) is 2.03. The van der Waals surface area contributed by atoms with Gasteiger partial charge >= 0.3 is 0 Å². The van der Waals surface area contributed by atoms with Crippen LogP contribution in [0.1, 0.15) is 13.8 Å². The van der Waals surface area contributed by atoms with Gasteiger partial charge in [0.25, 0.3) is 0 Å². The molecule has 0 heterocycles. The van der Waals surface area contributed by atoms with Crippen LogP contribution in [-0.2, 0) is 0 Å². The third-order valence-corrected chi connectivity index (χ3v) is 1.04. The number of allylic oxidation sites excluding steroid dienone is 7. The fourth-order valence-corrected chi connectivity index (χ4v) is 0.604. The van der Waals surface area contributed by atoms with E-state index in [-0.39, 0.29) is 0 Å². The number of rotatable bonds is 3. The van der Waals surface area contributed by atoms with Crippen LogP contribution in [0.4, 0.5) is 0 Å². The summed E-state index contributed by atoms with van der Waals surface area (Å²) in [7, 11) is 0. The van der Waals surface area contributed by atoms with Crippen LogP contribution in [0.3, 0.4) is 0 Å². The molecule has 54 valence electrons. The van der Waals surface area contributed by atoms with Gasteiger partial charge in [-0.25, -0.2) is 0 Å². The molecule has 0 atom stereocenters. The second-order valence-electron chi connectivity index (χ2n) is 2.03. The summed E-state index contributed by atoms with van der Waals surface area (Å²) in [5.74, 6) is 0. The van der Waals surface area contributed by atoms with Crippen molar-refractivity contribution in [2.75, 3.05) is 0 Å². The minimum Gasteiger partial charge on any atom is -0.0991 e. The Balaban J connectivity index is 3.90. The molecule has 0 aromatic heterocycles. The van der Waals surface area contributed by atoms with E-state index in [1.54, 1.807) is 6.08 Å². The monoisotopic (exact) mass is 134 g/mol. The Kier molecular flexibility index (Phi) is 5.45. The summed E-state index contributed by atoms with van der Waals surface area (Å²) < 4.78 is 0. The summed E-state index contributed by atoms with van der Waals surface area (Å²) >= 11 is 0. The smallest absolute Gasteiger partial charge is 0.0398 e. The van der Waals surface area contributed by atoms with Crippen molar-refractivity contribution in [1.29, 1.82) is 0 Å². The molecule has 0 fully saturated rings. The molecular weight excluding hydrogens is 120 g/mol. The third kappa shape index (κ3) is 5.10. The molecule has 0 bridgehead atoms. The first kappa shape index (κ1) is 8.96. The van der Waals surface area contributed by atoms with Crippen molar-refractivity contribution in [1.82, 2.24) is 0 Å². The van der Waals surface area contributed by atoms with Gasteiger partial charge < -0.3 is 0 Å². The summed E-state index contributed by atoms with van der Waals surface area (Å²) in [6.07, 6.45) is 11.8. The zero-order valence-electron chi connectivity index (χ0n) is 6.67. The van der Waals surface area contributed by atoms with Crippen molar-refractivity contribution in [3.05, 3.63) is 48.6 Å². The molecule has 0 amide bonds. The molecular formula is C10H14. The highest BCUT2D eigenvalue weighted by molar-refractivity contribution is 5.22. The highest BCUT2D eigenvalue weighted by atomic mass is 13.8. The summed E-state index contributed by atoms with van der Waals surface area (Å²) in [6, 6.07) is 0. The fourth-order valence-electron chi connectivity index (χ4n) is 0.604. The van der Waals surface area contributed by atoms with Crippen molar-refractivity contribution < 1.29 is 0 Å². The van der Waals surface area contributed by atoms with Crippen LogP contribution >= 0.6 is 0 Å². The van der Waals surface area contributed by atoms with Crippen LogP contribution in [0.15, 0.2) is 48.6 Å². The van der Waals surface area contributed by atoms with E-state index in [0.29, 0.717) is 0 Å². The topological polar surface area (TPSA) is 0 Å². The third-order valence-electron chi connectivity index (χ3n) is 1.04. The van der Waals surface area contributed by atoms with E-state index in [9.17, 15) is 0 Å². The molecule has 0 heteroatoms. The van der Waals surface area contributed by atoms with E-state index in [1.807, 2.05) is 31.2 Å². The highest BCUT2D eigenvalue weighted by Crippen LogP contribution is 1.94. The van der Waals surface area contributed by atoms with E-state index >= 15 is 0 Å². The van der Waals surface area contributed by atoms with E-state index in [1.165, 1.54) is 5.57 Å².